The van der Waals surface area contributed by atoms with Crippen molar-refractivity contribution in [1.29, 1.82) is 0 Å². The Bertz CT molecular complexity index is 725. The molecule has 0 fully saturated rings. The van der Waals surface area contributed by atoms with Crippen LogP contribution in [0.4, 0.5) is 0 Å². The second kappa shape index (κ2) is 5.93. The third-order valence-corrected chi connectivity index (χ3v) is 3.60. The lowest BCUT2D eigenvalue weighted by molar-refractivity contribution is 0.408. The molecule has 1 atom stereocenters. The van der Waals surface area contributed by atoms with E-state index >= 15 is 0 Å². The third kappa shape index (κ3) is 2.87. The first kappa shape index (κ1) is 13.6. The molecule has 5 nitrogen and oxygen atoms in total. The molecule has 0 spiro atoms. The van der Waals surface area contributed by atoms with Crippen molar-refractivity contribution >= 4 is 10.8 Å². The number of hydrogen-bond donors (Lipinski definition) is 2. The van der Waals surface area contributed by atoms with Gasteiger partial charge in [-0.15, -0.1) is 0 Å². The summed E-state index contributed by atoms with van der Waals surface area (Å²) >= 11 is 0. The van der Waals surface area contributed by atoms with Gasteiger partial charge in [0.05, 0.1) is 0 Å². The molecule has 0 bridgehead atoms. The molecule has 5 heteroatoms. The number of hydrogen-bond acceptors (Lipinski definition) is 5. The van der Waals surface area contributed by atoms with Crippen LogP contribution in [-0.2, 0) is 6.42 Å². The zero-order chi connectivity index (χ0) is 14.7. The molecule has 0 radical (unpaired) electrons. The van der Waals surface area contributed by atoms with Crippen LogP contribution in [0.2, 0.25) is 0 Å². The van der Waals surface area contributed by atoms with E-state index in [1.165, 1.54) is 6.39 Å². The SMILES string of the molecule is CC(NCCc1ncon1)c1ccc2ccccc2c1O. The summed E-state index contributed by atoms with van der Waals surface area (Å²) in [5, 5.41) is 19.5. The lowest BCUT2D eigenvalue weighted by Crippen LogP contribution is -2.21. The van der Waals surface area contributed by atoms with E-state index in [9.17, 15) is 5.11 Å². The van der Waals surface area contributed by atoms with Gasteiger partial charge in [-0.1, -0.05) is 41.6 Å². The quantitative estimate of drug-likeness (QED) is 0.753. The number of aromatic hydroxyl groups is 1. The van der Waals surface area contributed by atoms with E-state index in [2.05, 4.69) is 15.5 Å². The smallest absolute Gasteiger partial charge is 0.213 e. The van der Waals surface area contributed by atoms with E-state index in [-0.39, 0.29) is 6.04 Å². The minimum Gasteiger partial charge on any atom is -0.507 e. The average molecular weight is 283 g/mol. The Labute approximate surface area is 122 Å². The Hall–Kier alpha value is -2.40. The number of aromatic nitrogens is 2. The maximum absolute atomic E-state index is 10.4. The average Bonchev–Trinajstić information content (AvgIpc) is 3.01. The molecule has 108 valence electrons. The molecule has 0 saturated carbocycles. The molecule has 0 aliphatic rings. The predicted octanol–water partition coefficient (Wildman–Crippen LogP) is 2.82. The molecule has 1 aromatic heterocycles. The molecular formula is C16H17N3O2. The summed E-state index contributed by atoms with van der Waals surface area (Å²) in [7, 11) is 0. The van der Waals surface area contributed by atoms with Gasteiger partial charge >= 0.3 is 0 Å². The second-order valence-electron chi connectivity index (χ2n) is 5.00. The van der Waals surface area contributed by atoms with Gasteiger partial charge in [0.1, 0.15) is 5.75 Å². The lowest BCUT2D eigenvalue weighted by atomic mass is 10.0. The van der Waals surface area contributed by atoms with Crippen molar-refractivity contribution in [3.63, 3.8) is 0 Å². The van der Waals surface area contributed by atoms with E-state index < -0.39 is 0 Å². The van der Waals surface area contributed by atoms with Crippen LogP contribution in [0.1, 0.15) is 24.4 Å². The number of rotatable bonds is 5. The van der Waals surface area contributed by atoms with E-state index in [4.69, 9.17) is 4.52 Å². The van der Waals surface area contributed by atoms with E-state index in [1.807, 2.05) is 43.3 Å². The first-order valence-electron chi connectivity index (χ1n) is 6.95. The fourth-order valence-electron chi connectivity index (χ4n) is 2.43. The van der Waals surface area contributed by atoms with Gasteiger partial charge in [0.2, 0.25) is 6.39 Å². The number of nitrogens with one attached hydrogen (secondary N) is 1. The van der Waals surface area contributed by atoms with Crippen LogP contribution in [-0.4, -0.2) is 21.8 Å². The van der Waals surface area contributed by atoms with E-state index in [0.29, 0.717) is 24.5 Å². The van der Waals surface area contributed by atoms with Gasteiger partial charge in [-0.05, 0) is 12.3 Å². The standard InChI is InChI=1S/C16H17N3O2/c1-11(17-9-8-15-18-10-21-19-15)13-7-6-12-4-2-3-5-14(12)16(13)20/h2-7,10-11,17,20H,8-9H2,1H3. The summed E-state index contributed by atoms with van der Waals surface area (Å²) in [6.07, 6.45) is 2.02. The van der Waals surface area contributed by atoms with Crippen LogP contribution in [0.15, 0.2) is 47.3 Å². The summed E-state index contributed by atoms with van der Waals surface area (Å²) in [5.74, 6) is 1.02. The summed E-state index contributed by atoms with van der Waals surface area (Å²) in [6.45, 7) is 2.74. The molecule has 0 aliphatic heterocycles. The van der Waals surface area contributed by atoms with Crippen LogP contribution in [0.25, 0.3) is 10.8 Å². The lowest BCUT2D eigenvalue weighted by Gasteiger charge is -2.16. The highest BCUT2D eigenvalue weighted by Gasteiger charge is 2.12. The molecule has 0 aliphatic carbocycles. The Morgan fingerprint density at radius 1 is 1.24 bits per heavy atom. The van der Waals surface area contributed by atoms with Crippen LogP contribution < -0.4 is 5.32 Å². The van der Waals surface area contributed by atoms with Crippen molar-refractivity contribution in [2.45, 2.75) is 19.4 Å². The van der Waals surface area contributed by atoms with Crippen molar-refractivity contribution in [2.24, 2.45) is 0 Å². The highest BCUT2D eigenvalue weighted by Crippen LogP contribution is 2.32. The van der Waals surface area contributed by atoms with Crippen LogP contribution in [0.5, 0.6) is 5.75 Å². The highest BCUT2D eigenvalue weighted by molar-refractivity contribution is 5.89. The monoisotopic (exact) mass is 283 g/mol. The molecular weight excluding hydrogens is 266 g/mol. The first-order chi connectivity index (χ1) is 10.3. The van der Waals surface area contributed by atoms with Crippen molar-refractivity contribution < 1.29 is 9.63 Å². The Morgan fingerprint density at radius 2 is 2.10 bits per heavy atom. The zero-order valence-corrected chi connectivity index (χ0v) is 11.8. The third-order valence-electron chi connectivity index (χ3n) is 3.60. The molecule has 0 saturated heterocycles. The van der Waals surface area contributed by atoms with Crippen LogP contribution in [0.3, 0.4) is 0 Å². The molecule has 3 aromatic rings. The number of phenolic OH excluding ortho intramolecular Hbond substituents is 1. The molecule has 1 unspecified atom stereocenters. The van der Waals surface area contributed by atoms with Gasteiger partial charge in [-0.2, -0.15) is 4.98 Å². The number of nitrogens with zero attached hydrogens (tertiary/aromatic N) is 2. The predicted molar refractivity (Wildman–Crippen MR) is 80.0 cm³/mol. The van der Waals surface area contributed by atoms with Gasteiger partial charge < -0.3 is 14.9 Å². The van der Waals surface area contributed by atoms with Gasteiger partial charge in [-0.25, -0.2) is 0 Å². The minimum atomic E-state index is 0.0431. The van der Waals surface area contributed by atoms with Crippen molar-refractivity contribution in [3.05, 3.63) is 54.2 Å². The van der Waals surface area contributed by atoms with Crippen molar-refractivity contribution in [1.82, 2.24) is 15.5 Å². The Kier molecular flexibility index (Phi) is 3.83. The highest BCUT2D eigenvalue weighted by atomic mass is 16.5. The summed E-state index contributed by atoms with van der Waals surface area (Å²) in [4.78, 5) is 3.98. The maximum Gasteiger partial charge on any atom is 0.213 e. The summed E-state index contributed by atoms with van der Waals surface area (Å²) < 4.78 is 4.70. The molecule has 21 heavy (non-hydrogen) atoms. The van der Waals surface area contributed by atoms with Crippen LogP contribution in [0, 0.1) is 0 Å². The molecule has 2 N–H and O–H groups in total. The molecule has 1 heterocycles. The summed E-state index contributed by atoms with van der Waals surface area (Å²) in [6, 6.07) is 11.9. The van der Waals surface area contributed by atoms with Crippen molar-refractivity contribution in [2.75, 3.05) is 6.54 Å². The topological polar surface area (TPSA) is 71.2 Å². The normalized spacial score (nSPS) is 12.6. The van der Waals surface area contributed by atoms with E-state index in [1.54, 1.807) is 0 Å². The van der Waals surface area contributed by atoms with Crippen LogP contribution >= 0.6 is 0 Å². The van der Waals surface area contributed by atoms with Gasteiger partial charge in [0.25, 0.3) is 0 Å². The second-order valence-corrected chi connectivity index (χ2v) is 5.00. The molecule has 0 amide bonds. The molecule has 3 rings (SSSR count). The molecule has 2 aromatic carbocycles. The fourth-order valence-corrected chi connectivity index (χ4v) is 2.43. The number of benzene rings is 2. The Morgan fingerprint density at radius 3 is 2.90 bits per heavy atom. The van der Waals surface area contributed by atoms with Gasteiger partial charge in [0.15, 0.2) is 5.82 Å². The van der Waals surface area contributed by atoms with Gasteiger partial charge in [0, 0.05) is 30.0 Å². The summed E-state index contributed by atoms with van der Waals surface area (Å²) in [5.41, 5.74) is 0.891. The maximum atomic E-state index is 10.4. The number of fused-ring (bicyclic) bond motifs is 1. The first-order valence-corrected chi connectivity index (χ1v) is 6.95. The largest absolute Gasteiger partial charge is 0.507 e. The van der Waals surface area contributed by atoms with Gasteiger partial charge in [-0.3, -0.25) is 0 Å². The number of phenols is 1. The van der Waals surface area contributed by atoms with E-state index in [0.717, 1.165) is 16.3 Å². The fraction of sp³-hybridized carbons (Fsp3) is 0.250. The zero-order valence-electron chi connectivity index (χ0n) is 11.8. The Balaban J connectivity index is 1.72. The minimum absolute atomic E-state index is 0.0431. The van der Waals surface area contributed by atoms with Crippen molar-refractivity contribution in [3.8, 4) is 5.75 Å².